The molecule has 0 aromatic heterocycles. The molecule has 2 aliphatic rings. The number of ether oxygens (including phenoxy) is 2. The summed E-state index contributed by atoms with van der Waals surface area (Å²) in [5.74, 6) is 1.17. The Morgan fingerprint density at radius 3 is 2.45 bits per heavy atom. The van der Waals surface area contributed by atoms with Crippen LogP contribution in [-0.2, 0) is 4.79 Å². The number of hydrogen-bond acceptors (Lipinski definition) is 6. The third kappa shape index (κ3) is 4.87. The number of carbonyl (C=O) groups excluding carboxylic acids is 1. The highest BCUT2D eigenvalue weighted by molar-refractivity contribution is 6.35. The molecule has 1 saturated heterocycles. The number of benzene rings is 2. The molecular formula is C20H22Cl2N4O3. The first-order valence-corrected chi connectivity index (χ1v) is 10.1. The molecule has 154 valence electrons. The third-order valence-corrected chi connectivity index (χ3v) is 5.36. The predicted molar refractivity (Wildman–Crippen MR) is 114 cm³/mol. The molecule has 2 aliphatic heterocycles. The second-order valence-electron chi connectivity index (χ2n) is 7.12. The van der Waals surface area contributed by atoms with Crippen molar-refractivity contribution in [3.8, 4) is 11.5 Å². The second-order valence-corrected chi connectivity index (χ2v) is 7.99. The summed E-state index contributed by atoms with van der Waals surface area (Å²) >= 11 is 12.3. The third-order valence-electron chi connectivity index (χ3n) is 4.92. The average Bonchev–Trinajstić information content (AvgIpc) is 3.15. The number of halogens is 2. The van der Waals surface area contributed by atoms with E-state index in [1.807, 2.05) is 6.07 Å². The minimum absolute atomic E-state index is 0.0930. The first-order valence-electron chi connectivity index (χ1n) is 9.34. The highest BCUT2D eigenvalue weighted by Gasteiger charge is 2.24. The summed E-state index contributed by atoms with van der Waals surface area (Å²) in [4.78, 5) is 17.6. The smallest absolute Gasteiger partial charge is 0.259 e. The fraction of sp³-hybridized carbons (Fsp3) is 0.350. The van der Waals surface area contributed by atoms with Crippen molar-refractivity contribution < 1.29 is 14.3 Å². The lowest BCUT2D eigenvalue weighted by molar-refractivity contribution is -0.119. The Hall–Kier alpha value is -2.19. The number of hydrogen-bond donors (Lipinski definition) is 1. The topological polar surface area (TPSA) is 57.3 Å². The molecule has 0 spiro atoms. The first-order chi connectivity index (χ1) is 14.0. The predicted octanol–water partition coefficient (Wildman–Crippen LogP) is 3.33. The maximum absolute atomic E-state index is 13.2. The van der Waals surface area contributed by atoms with Crippen LogP contribution in [0.3, 0.4) is 0 Å². The van der Waals surface area contributed by atoms with Gasteiger partial charge in [-0.25, -0.2) is 5.01 Å². The van der Waals surface area contributed by atoms with Gasteiger partial charge in [0.05, 0.1) is 17.9 Å². The molecule has 2 aromatic carbocycles. The Morgan fingerprint density at radius 2 is 1.72 bits per heavy atom. The maximum atomic E-state index is 13.2. The van der Waals surface area contributed by atoms with Gasteiger partial charge < -0.3 is 14.4 Å². The number of nitrogens with one attached hydrogen (secondary N) is 1. The van der Waals surface area contributed by atoms with Gasteiger partial charge >= 0.3 is 0 Å². The van der Waals surface area contributed by atoms with Crippen LogP contribution in [0.1, 0.15) is 0 Å². The lowest BCUT2D eigenvalue weighted by Gasteiger charge is -2.33. The molecule has 29 heavy (non-hydrogen) atoms. The minimum atomic E-state index is -0.0930. The Balaban J connectivity index is 1.58. The van der Waals surface area contributed by atoms with Gasteiger partial charge in [-0.05, 0) is 37.4 Å². The number of fused-ring (bicyclic) bond motifs is 1. The number of amides is 1. The molecule has 1 amide bonds. The van der Waals surface area contributed by atoms with Gasteiger partial charge in [0.2, 0.25) is 6.79 Å². The fourth-order valence-electron chi connectivity index (χ4n) is 3.31. The van der Waals surface area contributed by atoms with Crippen LogP contribution in [0, 0.1) is 0 Å². The lowest BCUT2D eigenvalue weighted by atomic mass is 10.2. The zero-order chi connectivity index (χ0) is 20.4. The molecule has 1 fully saturated rings. The molecule has 0 aliphatic carbocycles. The average molecular weight is 437 g/mol. The molecule has 2 aromatic rings. The molecule has 9 heteroatoms. The zero-order valence-electron chi connectivity index (χ0n) is 16.0. The molecule has 2 heterocycles. The number of anilines is 2. The van der Waals surface area contributed by atoms with E-state index in [9.17, 15) is 4.79 Å². The van der Waals surface area contributed by atoms with E-state index < -0.39 is 0 Å². The van der Waals surface area contributed by atoms with Gasteiger partial charge in [0, 0.05) is 42.3 Å². The largest absolute Gasteiger partial charge is 0.454 e. The summed E-state index contributed by atoms with van der Waals surface area (Å²) < 4.78 is 10.9. The van der Waals surface area contributed by atoms with E-state index in [0.29, 0.717) is 39.5 Å². The van der Waals surface area contributed by atoms with Crippen molar-refractivity contribution in [1.29, 1.82) is 0 Å². The second kappa shape index (κ2) is 8.67. The molecule has 4 rings (SSSR count). The summed E-state index contributed by atoms with van der Waals surface area (Å²) in [5, 5.41) is 2.47. The van der Waals surface area contributed by atoms with Gasteiger partial charge in [-0.15, -0.1) is 0 Å². The Bertz CT molecular complexity index is 883. The Kier molecular flexibility index (Phi) is 6.01. The quantitative estimate of drug-likeness (QED) is 0.725. The summed E-state index contributed by atoms with van der Waals surface area (Å²) in [6, 6.07) is 10.5. The van der Waals surface area contributed by atoms with Crippen molar-refractivity contribution in [2.24, 2.45) is 0 Å². The fourth-order valence-corrected chi connectivity index (χ4v) is 3.84. The van der Waals surface area contributed by atoms with Crippen molar-refractivity contribution in [2.75, 3.05) is 57.0 Å². The summed E-state index contributed by atoms with van der Waals surface area (Å²) in [6.45, 7) is 4.04. The molecule has 0 radical (unpaired) electrons. The van der Waals surface area contributed by atoms with Crippen molar-refractivity contribution in [1.82, 2.24) is 9.80 Å². The van der Waals surface area contributed by atoms with Gasteiger partial charge in [0.15, 0.2) is 11.5 Å². The van der Waals surface area contributed by atoms with Crippen LogP contribution in [0.4, 0.5) is 11.4 Å². The van der Waals surface area contributed by atoms with Crippen LogP contribution in [0.2, 0.25) is 10.0 Å². The van der Waals surface area contributed by atoms with Crippen molar-refractivity contribution >= 4 is 40.5 Å². The van der Waals surface area contributed by atoms with Crippen molar-refractivity contribution in [3.05, 3.63) is 46.4 Å². The number of rotatable bonds is 5. The van der Waals surface area contributed by atoms with E-state index in [2.05, 4.69) is 22.3 Å². The summed E-state index contributed by atoms with van der Waals surface area (Å²) in [6.07, 6.45) is 0. The van der Waals surface area contributed by atoms with Crippen LogP contribution in [0.15, 0.2) is 36.4 Å². The van der Waals surface area contributed by atoms with E-state index in [1.54, 1.807) is 30.3 Å². The number of piperazine rings is 1. The Labute approximate surface area is 179 Å². The SMILES string of the molecule is CN1CCN(CC(=O)N(Nc2cc(Cl)cc(Cl)c2)c2ccc3c(c2)OCO3)CC1. The summed E-state index contributed by atoms with van der Waals surface area (Å²) in [5.41, 5.74) is 4.41. The van der Waals surface area contributed by atoms with Crippen LogP contribution < -0.4 is 19.9 Å². The van der Waals surface area contributed by atoms with Crippen molar-refractivity contribution in [3.63, 3.8) is 0 Å². The molecule has 0 unspecified atom stereocenters. The highest BCUT2D eigenvalue weighted by Crippen LogP contribution is 2.36. The highest BCUT2D eigenvalue weighted by atomic mass is 35.5. The zero-order valence-corrected chi connectivity index (χ0v) is 17.5. The molecule has 0 bridgehead atoms. The standard InChI is InChI=1S/C20H22Cl2N4O3/c1-24-4-6-25(7-5-24)12-20(27)26(23-16-9-14(21)8-15(22)10-16)17-2-3-18-19(11-17)29-13-28-18/h2-3,8-11,23H,4-7,12-13H2,1H3. The van der Waals surface area contributed by atoms with Crippen LogP contribution in [0.25, 0.3) is 0 Å². The monoisotopic (exact) mass is 436 g/mol. The molecular weight excluding hydrogens is 415 g/mol. The number of carbonyl (C=O) groups is 1. The van der Waals surface area contributed by atoms with Gasteiger partial charge in [-0.1, -0.05) is 23.2 Å². The van der Waals surface area contributed by atoms with Crippen molar-refractivity contribution in [2.45, 2.75) is 0 Å². The first kappa shape index (κ1) is 20.1. The molecule has 0 saturated carbocycles. The normalized spacial score (nSPS) is 16.7. The van der Waals surface area contributed by atoms with Gasteiger partial charge in [-0.3, -0.25) is 15.1 Å². The maximum Gasteiger partial charge on any atom is 0.259 e. The van der Waals surface area contributed by atoms with Gasteiger partial charge in [-0.2, -0.15) is 0 Å². The van der Waals surface area contributed by atoms with E-state index in [1.165, 1.54) is 5.01 Å². The molecule has 7 nitrogen and oxygen atoms in total. The van der Waals surface area contributed by atoms with E-state index >= 15 is 0 Å². The van der Waals surface area contributed by atoms with Crippen LogP contribution in [0.5, 0.6) is 11.5 Å². The molecule has 1 N–H and O–H groups in total. The Morgan fingerprint density at radius 1 is 1.03 bits per heavy atom. The number of nitrogens with zero attached hydrogens (tertiary/aromatic N) is 3. The minimum Gasteiger partial charge on any atom is -0.454 e. The van der Waals surface area contributed by atoms with E-state index in [0.717, 1.165) is 26.2 Å². The molecule has 0 atom stereocenters. The van der Waals surface area contributed by atoms with Gasteiger partial charge in [0.25, 0.3) is 5.91 Å². The van der Waals surface area contributed by atoms with Crippen LogP contribution >= 0.6 is 23.2 Å². The van der Waals surface area contributed by atoms with E-state index in [-0.39, 0.29) is 12.7 Å². The van der Waals surface area contributed by atoms with Crippen LogP contribution in [-0.4, -0.2) is 62.3 Å². The van der Waals surface area contributed by atoms with Gasteiger partial charge in [0.1, 0.15) is 0 Å². The lowest BCUT2D eigenvalue weighted by Crippen LogP contribution is -2.50. The summed E-state index contributed by atoms with van der Waals surface area (Å²) in [7, 11) is 2.09. The van der Waals surface area contributed by atoms with E-state index in [4.69, 9.17) is 32.7 Å². The number of hydrazine groups is 1. The number of likely N-dealkylation sites (N-methyl/N-ethyl adjacent to an activating group) is 1.